The van der Waals surface area contributed by atoms with Crippen LogP contribution in [0, 0.1) is 5.82 Å². The quantitative estimate of drug-likeness (QED) is 0.626. The summed E-state index contributed by atoms with van der Waals surface area (Å²) >= 11 is 0. The molecule has 0 atom stereocenters. The number of aromatic nitrogens is 4. The fourth-order valence-corrected chi connectivity index (χ4v) is 0.859. The average molecular weight is 164 g/mol. The molecule has 0 aliphatic rings. The Balaban J connectivity index is 2.48. The molecule has 2 heterocycles. The number of halogens is 1. The first kappa shape index (κ1) is 6.90. The highest BCUT2D eigenvalue weighted by Gasteiger charge is 1.98. The van der Waals surface area contributed by atoms with Gasteiger partial charge in [-0.15, -0.1) is 4.80 Å². The third-order valence-electron chi connectivity index (χ3n) is 1.34. The van der Waals surface area contributed by atoms with E-state index >= 15 is 0 Å². The van der Waals surface area contributed by atoms with Crippen LogP contribution in [0.2, 0.25) is 0 Å². The Kier molecular flexibility index (Phi) is 1.55. The van der Waals surface area contributed by atoms with E-state index in [0.29, 0.717) is 5.69 Å². The fraction of sp³-hybridized carbons (Fsp3) is 0. The number of hydrogen-bond acceptors (Lipinski definition) is 3. The molecular formula is C7H5FN4. The van der Waals surface area contributed by atoms with Crippen LogP contribution in [-0.2, 0) is 0 Å². The zero-order chi connectivity index (χ0) is 8.39. The second kappa shape index (κ2) is 2.69. The molecule has 0 unspecified atom stereocenters. The maximum absolute atomic E-state index is 12.6. The average Bonchev–Trinajstić information content (AvgIpc) is 2.56. The molecule has 0 saturated carbocycles. The molecule has 0 saturated heterocycles. The zero-order valence-corrected chi connectivity index (χ0v) is 6.05. The summed E-state index contributed by atoms with van der Waals surface area (Å²) in [4.78, 5) is 4.97. The first-order valence-corrected chi connectivity index (χ1v) is 3.33. The van der Waals surface area contributed by atoms with Crippen LogP contribution in [0.15, 0.2) is 30.9 Å². The molecule has 2 aromatic heterocycles. The lowest BCUT2D eigenvalue weighted by Gasteiger charge is -1.96. The van der Waals surface area contributed by atoms with Crippen molar-refractivity contribution in [1.82, 2.24) is 20.0 Å². The first-order valence-electron chi connectivity index (χ1n) is 3.33. The molecule has 0 aromatic carbocycles. The van der Waals surface area contributed by atoms with Crippen molar-refractivity contribution in [2.24, 2.45) is 0 Å². The monoisotopic (exact) mass is 164 g/mol. The third kappa shape index (κ3) is 1.16. The molecule has 0 spiro atoms. The van der Waals surface area contributed by atoms with Crippen molar-refractivity contribution < 1.29 is 4.39 Å². The second-order valence-electron chi connectivity index (χ2n) is 2.18. The number of nitrogens with zero attached hydrogens (tertiary/aromatic N) is 4. The van der Waals surface area contributed by atoms with Gasteiger partial charge in [0.15, 0.2) is 0 Å². The predicted molar refractivity (Wildman–Crippen MR) is 39.1 cm³/mol. The normalized spacial score (nSPS) is 10.1. The molecule has 60 valence electrons. The van der Waals surface area contributed by atoms with Gasteiger partial charge in [0.2, 0.25) is 0 Å². The highest BCUT2D eigenvalue weighted by molar-refractivity contribution is 5.24. The highest BCUT2D eigenvalue weighted by atomic mass is 19.1. The molecule has 0 bridgehead atoms. The summed E-state index contributed by atoms with van der Waals surface area (Å²) in [6.45, 7) is 0. The van der Waals surface area contributed by atoms with Crippen LogP contribution in [0.4, 0.5) is 4.39 Å². The van der Waals surface area contributed by atoms with Gasteiger partial charge in [-0.05, 0) is 0 Å². The molecule has 12 heavy (non-hydrogen) atoms. The first-order chi connectivity index (χ1) is 5.86. The third-order valence-corrected chi connectivity index (χ3v) is 1.34. The smallest absolute Gasteiger partial charge is 0.143 e. The van der Waals surface area contributed by atoms with E-state index in [1.807, 2.05) is 0 Å². The van der Waals surface area contributed by atoms with Crippen LogP contribution < -0.4 is 0 Å². The lowest BCUT2D eigenvalue weighted by molar-refractivity contribution is 0.615. The van der Waals surface area contributed by atoms with E-state index < -0.39 is 5.82 Å². The Morgan fingerprint density at radius 2 is 1.92 bits per heavy atom. The summed E-state index contributed by atoms with van der Waals surface area (Å²) in [6, 6.07) is 1.31. The molecule has 0 fully saturated rings. The van der Waals surface area contributed by atoms with E-state index in [-0.39, 0.29) is 0 Å². The van der Waals surface area contributed by atoms with Crippen LogP contribution in [0.5, 0.6) is 0 Å². The van der Waals surface area contributed by atoms with Gasteiger partial charge >= 0.3 is 0 Å². The van der Waals surface area contributed by atoms with Crippen LogP contribution in [-0.4, -0.2) is 20.0 Å². The number of hydrogen-bond donors (Lipinski definition) is 0. The van der Waals surface area contributed by atoms with Gasteiger partial charge in [-0.2, -0.15) is 10.2 Å². The van der Waals surface area contributed by atoms with E-state index in [1.165, 1.54) is 29.5 Å². The molecule has 2 aromatic rings. The van der Waals surface area contributed by atoms with Gasteiger partial charge in [0.05, 0.1) is 24.8 Å². The van der Waals surface area contributed by atoms with Gasteiger partial charge in [-0.1, -0.05) is 0 Å². The molecule has 4 nitrogen and oxygen atoms in total. The fourth-order valence-electron chi connectivity index (χ4n) is 0.859. The van der Waals surface area contributed by atoms with Gasteiger partial charge in [-0.3, -0.25) is 4.98 Å². The van der Waals surface area contributed by atoms with Crippen LogP contribution in [0.1, 0.15) is 0 Å². The van der Waals surface area contributed by atoms with Crippen LogP contribution in [0.25, 0.3) is 5.69 Å². The molecule has 0 radical (unpaired) electrons. The molecule has 0 amide bonds. The van der Waals surface area contributed by atoms with Crippen molar-refractivity contribution in [3.63, 3.8) is 0 Å². The Morgan fingerprint density at radius 3 is 2.58 bits per heavy atom. The van der Waals surface area contributed by atoms with Gasteiger partial charge in [0, 0.05) is 6.07 Å². The summed E-state index contributed by atoms with van der Waals surface area (Å²) in [7, 11) is 0. The Bertz CT molecular complexity index is 371. The maximum atomic E-state index is 12.6. The van der Waals surface area contributed by atoms with E-state index in [9.17, 15) is 4.39 Å². The maximum Gasteiger partial charge on any atom is 0.143 e. The van der Waals surface area contributed by atoms with E-state index in [0.717, 1.165) is 6.20 Å². The minimum Gasteiger partial charge on any atom is -0.259 e. The standard InChI is InChI=1S/C7H5FN4/c8-6-3-7(5-9-4-6)12-10-1-2-11-12/h1-5H. The van der Waals surface area contributed by atoms with Crippen molar-refractivity contribution >= 4 is 0 Å². The lowest BCUT2D eigenvalue weighted by atomic mass is 10.4. The van der Waals surface area contributed by atoms with Crippen molar-refractivity contribution in [2.75, 3.05) is 0 Å². The highest BCUT2D eigenvalue weighted by Crippen LogP contribution is 2.03. The number of rotatable bonds is 1. The van der Waals surface area contributed by atoms with Crippen molar-refractivity contribution in [1.29, 1.82) is 0 Å². The number of pyridine rings is 1. The van der Waals surface area contributed by atoms with Gasteiger partial charge in [0.1, 0.15) is 11.5 Å². The molecule has 0 aliphatic carbocycles. The van der Waals surface area contributed by atoms with Gasteiger partial charge in [-0.25, -0.2) is 4.39 Å². The van der Waals surface area contributed by atoms with E-state index in [1.54, 1.807) is 0 Å². The van der Waals surface area contributed by atoms with Gasteiger partial charge < -0.3 is 0 Å². The molecule has 0 aliphatic heterocycles. The second-order valence-corrected chi connectivity index (χ2v) is 2.18. The minimum absolute atomic E-state index is 0.398. The van der Waals surface area contributed by atoms with Crippen LogP contribution in [0.3, 0.4) is 0 Å². The summed E-state index contributed by atoms with van der Waals surface area (Å²) in [5, 5.41) is 7.65. The summed E-state index contributed by atoms with van der Waals surface area (Å²) in [5.74, 6) is -0.398. The van der Waals surface area contributed by atoms with E-state index in [2.05, 4.69) is 15.2 Å². The van der Waals surface area contributed by atoms with Crippen LogP contribution >= 0.6 is 0 Å². The largest absolute Gasteiger partial charge is 0.259 e. The van der Waals surface area contributed by atoms with Crippen molar-refractivity contribution in [2.45, 2.75) is 0 Å². The lowest BCUT2D eigenvalue weighted by Crippen LogP contribution is -1.99. The zero-order valence-electron chi connectivity index (χ0n) is 6.05. The molecule has 5 heteroatoms. The molecular weight excluding hydrogens is 159 g/mol. The van der Waals surface area contributed by atoms with Crippen molar-refractivity contribution in [3.8, 4) is 5.69 Å². The Hall–Kier alpha value is -1.78. The van der Waals surface area contributed by atoms with Crippen molar-refractivity contribution in [3.05, 3.63) is 36.7 Å². The topological polar surface area (TPSA) is 43.6 Å². The van der Waals surface area contributed by atoms with Gasteiger partial charge in [0.25, 0.3) is 0 Å². The Labute approximate surface area is 67.7 Å². The molecule has 2 rings (SSSR count). The SMILES string of the molecule is Fc1cncc(-n2nccn2)c1. The summed E-state index contributed by atoms with van der Waals surface area (Å²) < 4.78 is 12.6. The predicted octanol–water partition coefficient (Wildman–Crippen LogP) is 0.801. The molecule has 0 N–H and O–H groups in total. The summed E-state index contributed by atoms with van der Waals surface area (Å²) in [6.07, 6.45) is 5.66. The van der Waals surface area contributed by atoms with E-state index in [4.69, 9.17) is 0 Å². The Morgan fingerprint density at radius 1 is 1.17 bits per heavy atom. The summed E-state index contributed by atoms with van der Waals surface area (Å²) in [5.41, 5.74) is 0.514. The minimum atomic E-state index is -0.398.